The Morgan fingerprint density at radius 3 is 2.46 bits per heavy atom. The number of hydrogen-bond donors (Lipinski definition) is 1. The molecule has 2 aromatic carbocycles. The Morgan fingerprint density at radius 1 is 1.12 bits per heavy atom. The zero-order valence-corrected chi connectivity index (χ0v) is 15.2. The second-order valence-electron chi connectivity index (χ2n) is 5.63. The second-order valence-corrected chi connectivity index (χ2v) is 8.36. The van der Waals surface area contributed by atoms with Crippen LogP contribution in [0.2, 0.25) is 0 Å². The molecule has 0 bridgehead atoms. The van der Waals surface area contributed by atoms with Gasteiger partial charge in [0.2, 0.25) is 0 Å². The summed E-state index contributed by atoms with van der Waals surface area (Å²) in [5.74, 6) is 3.05. The van der Waals surface area contributed by atoms with Crippen molar-refractivity contribution in [3.63, 3.8) is 0 Å². The van der Waals surface area contributed by atoms with Crippen molar-refractivity contribution >= 4 is 29.4 Å². The van der Waals surface area contributed by atoms with E-state index in [9.17, 15) is 4.79 Å². The Labute approximate surface area is 151 Å². The van der Waals surface area contributed by atoms with Crippen molar-refractivity contribution in [1.82, 2.24) is 5.32 Å². The van der Waals surface area contributed by atoms with Crippen LogP contribution in [-0.4, -0.2) is 24.0 Å². The first-order valence-electron chi connectivity index (χ1n) is 8.02. The van der Waals surface area contributed by atoms with Crippen molar-refractivity contribution in [3.05, 3.63) is 65.7 Å². The largest absolute Gasteiger partial charge is 0.484 e. The summed E-state index contributed by atoms with van der Waals surface area (Å²) in [6.07, 6.45) is 0. The monoisotopic (exact) mass is 359 g/mol. The highest BCUT2D eigenvalue weighted by atomic mass is 32.2. The SMILES string of the molecule is CC(NC(=O)COc1ccc(C2SCCS2)cc1)c1ccccc1. The van der Waals surface area contributed by atoms with Gasteiger partial charge in [0.15, 0.2) is 6.61 Å². The minimum atomic E-state index is -0.114. The number of hydrogen-bond acceptors (Lipinski definition) is 4. The molecule has 0 aromatic heterocycles. The molecule has 1 fully saturated rings. The molecule has 5 heteroatoms. The summed E-state index contributed by atoms with van der Waals surface area (Å²) in [4.78, 5) is 12.0. The summed E-state index contributed by atoms with van der Waals surface area (Å²) in [5.41, 5.74) is 2.40. The summed E-state index contributed by atoms with van der Waals surface area (Å²) >= 11 is 3.96. The summed E-state index contributed by atoms with van der Waals surface area (Å²) in [6.45, 7) is 2.00. The number of benzene rings is 2. The molecule has 0 saturated carbocycles. The Morgan fingerprint density at radius 2 is 1.79 bits per heavy atom. The van der Waals surface area contributed by atoms with Gasteiger partial charge in [-0.2, -0.15) is 0 Å². The van der Waals surface area contributed by atoms with E-state index in [1.165, 1.54) is 17.1 Å². The number of ether oxygens (including phenoxy) is 1. The number of amides is 1. The molecular weight excluding hydrogens is 338 g/mol. The molecule has 0 spiro atoms. The summed E-state index contributed by atoms with van der Waals surface area (Å²) in [5, 5.41) is 2.95. The van der Waals surface area contributed by atoms with Gasteiger partial charge < -0.3 is 10.1 Å². The number of nitrogens with one attached hydrogen (secondary N) is 1. The quantitative estimate of drug-likeness (QED) is 0.828. The van der Waals surface area contributed by atoms with Crippen LogP contribution in [0.4, 0.5) is 0 Å². The van der Waals surface area contributed by atoms with Crippen molar-refractivity contribution in [2.45, 2.75) is 17.5 Å². The summed E-state index contributed by atoms with van der Waals surface area (Å²) < 4.78 is 6.13. The molecule has 1 heterocycles. The molecule has 1 saturated heterocycles. The van der Waals surface area contributed by atoms with Crippen LogP contribution in [0.3, 0.4) is 0 Å². The third-order valence-electron chi connectivity index (χ3n) is 3.82. The Balaban J connectivity index is 1.47. The predicted octanol–water partition coefficient (Wildman–Crippen LogP) is 4.42. The summed E-state index contributed by atoms with van der Waals surface area (Å²) in [7, 11) is 0. The molecule has 24 heavy (non-hydrogen) atoms. The van der Waals surface area contributed by atoms with E-state index in [1.54, 1.807) is 0 Å². The minimum Gasteiger partial charge on any atom is -0.484 e. The van der Waals surface area contributed by atoms with E-state index in [1.807, 2.05) is 72.9 Å². The zero-order chi connectivity index (χ0) is 16.8. The standard InChI is InChI=1S/C19H21NO2S2/c1-14(15-5-3-2-4-6-15)20-18(21)13-22-17-9-7-16(8-10-17)19-23-11-12-24-19/h2-10,14,19H,11-13H2,1H3,(H,20,21). The van der Waals surface area contributed by atoms with Crippen LogP contribution >= 0.6 is 23.5 Å². The lowest BCUT2D eigenvalue weighted by atomic mass is 10.1. The smallest absolute Gasteiger partial charge is 0.258 e. The highest BCUT2D eigenvalue weighted by Crippen LogP contribution is 2.45. The Kier molecular flexibility index (Phi) is 6.10. The minimum absolute atomic E-state index is 0.0268. The number of carbonyl (C=O) groups is 1. The molecule has 1 N–H and O–H groups in total. The Bertz CT molecular complexity index is 655. The van der Waals surface area contributed by atoms with Crippen LogP contribution in [0.15, 0.2) is 54.6 Å². The van der Waals surface area contributed by atoms with Gasteiger partial charge in [-0.05, 0) is 30.2 Å². The molecule has 2 aromatic rings. The van der Waals surface area contributed by atoms with Gasteiger partial charge in [-0.15, -0.1) is 23.5 Å². The summed E-state index contributed by atoms with van der Waals surface area (Å²) in [6, 6.07) is 18.0. The van der Waals surface area contributed by atoms with Crippen LogP contribution in [0.25, 0.3) is 0 Å². The zero-order valence-electron chi connectivity index (χ0n) is 13.6. The van der Waals surface area contributed by atoms with E-state index in [0.29, 0.717) is 4.58 Å². The number of thioether (sulfide) groups is 2. The van der Waals surface area contributed by atoms with Crippen LogP contribution in [0, 0.1) is 0 Å². The predicted molar refractivity (Wildman–Crippen MR) is 103 cm³/mol. The lowest BCUT2D eigenvalue weighted by Gasteiger charge is -2.15. The van der Waals surface area contributed by atoms with Crippen molar-refractivity contribution in [2.75, 3.05) is 18.1 Å². The Hall–Kier alpha value is -1.59. The highest BCUT2D eigenvalue weighted by molar-refractivity contribution is 8.19. The van der Waals surface area contributed by atoms with Gasteiger partial charge >= 0.3 is 0 Å². The first-order chi connectivity index (χ1) is 11.7. The molecule has 3 nitrogen and oxygen atoms in total. The first kappa shape index (κ1) is 17.2. The average Bonchev–Trinajstić information content (AvgIpc) is 3.16. The fourth-order valence-corrected chi connectivity index (χ4v) is 5.39. The van der Waals surface area contributed by atoms with E-state index in [-0.39, 0.29) is 18.6 Å². The second kappa shape index (κ2) is 8.49. The van der Waals surface area contributed by atoms with Gasteiger partial charge in [-0.25, -0.2) is 0 Å². The van der Waals surface area contributed by atoms with E-state index < -0.39 is 0 Å². The normalized spacial score (nSPS) is 15.9. The van der Waals surface area contributed by atoms with Crippen LogP contribution in [0.5, 0.6) is 5.75 Å². The van der Waals surface area contributed by atoms with Gasteiger partial charge in [0.25, 0.3) is 5.91 Å². The maximum atomic E-state index is 12.0. The molecule has 126 valence electrons. The van der Waals surface area contributed by atoms with Crippen LogP contribution in [0.1, 0.15) is 28.7 Å². The fourth-order valence-electron chi connectivity index (χ4n) is 2.53. The molecule has 1 aliphatic rings. The maximum Gasteiger partial charge on any atom is 0.258 e. The topological polar surface area (TPSA) is 38.3 Å². The van der Waals surface area contributed by atoms with Crippen molar-refractivity contribution < 1.29 is 9.53 Å². The lowest BCUT2D eigenvalue weighted by molar-refractivity contribution is -0.123. The lowest BCUT2D eigenvalue weighted by Crippen LogP contribution is -2.31. The molecule has 3 rings (SSSR count). The first-order valence-corrected chi connectivity index (χ1v) is 10.1. The van der Waals surface area contributed by atoms with Gasteiger partial charge in [-0.1, -0.05) is 42.5 Å². The van der Waals surface area contributed by atoms with E-state index in [4.69, 9.17) is 4.74 Å². The van der Waals surface area contributed by atoms with Crippen molar-refractivity contribution in [1.29, 1.82) is 0 Å². The van der Waals surface area contributed by atoms with E-state index >= 15 is 0 Å². The molecule has 1 aliphatic heterocycles. The van der Waals surface area contributed by atoms with E-state index in [2.05, 4.69) is 17.4 Å². The molecule has 0 aliphatic carbocycles. The molecule has 1 amide bonds. The van der Waals surface area contributed by atoms with Crippen molar-refractivity contribution in [3.8, 4) is 5.75 Å². The third kappa shape index (κ3) is 4.71. The number of carbonyl (C=O) groups excluding carboxylic acids is 1. The van der Waals surface area contributed by atoms with Gasteiger partial charge in [0.05, 0.1) is 10.6 Å². The van der Waals surface area contributed by atoms with Crippen molar-refractivity contribution in [2.24, 2.45) is 0 Å². The number of rotatable bonds is 6. The average molecular weight is 360 g/mol. The highest BCUT2D eigenvalue weighted by Gasteiger charge is 2.18. The molecule has 1 atom stereocenters. The van der Waals surface area contributed by atoms with Crippen LogP contribution < -0.4 is 10.1 Å². The molecule has 0 radical (unpaired) electrons. The van der Waals surface area contributed by atoms with Gasteiger partial charge in [0, 0.05) is 11.5 Å². The van der Waals surface area contributed by atoms with Crippen LogP contribution in [-0.2, 0) is 4.79 Å². The maximum absolute atomic E-state index is 12.0. The van der Waals surface area contributed by atoms with E-state index in [0.717, 1.165) is 11.3 Å². The molecule has 1 unspecified atom stereocenters. The molecular formula is C19H21NO2S2. The fraction of sp³-hybridized carbons (Fsp3) is 0.316. The third-order valence-corrected chi connectivity index (χ3v) is 6.93. The van der Waals surface area contributed by atoms with Gasteiger partial charge in [-0.3, -0.25) is 4.79 Å². The van der Waals surface area contributed by atoms with Gasteiger partial charge in [0.1, 0.15) is 5.75 Å².